The average Bonchev–Trinajstić information content (AvgIpc) is 2.86. The van der Waals surface area contributed by atoms with E-state index in [-0.39, 0.29) is 18.0 Å². The van der Waals surface area contributed by atoms with Gasteiger partial charge in [-0.15, -0.1) is 0 Å². The van der Waals surface area contributed by atoms with Gasteiger partial charge in [0, 0.05) is 17.6 Å². The van der Waals surface area contributed by atoms with E-state index in [0.29, 0.717) is 10.0 Å². The van der Waals surface area contributed by atoms with Gasteiger partial charge in [0.25, 0.3) is 5.91 Å². The summed E-state index contributed by atoms with van der Waals surface area (Å²) in [6, 6.07) is 4.37. The average molecular weight is 273 g/mol. The van der Waals surface area contributed by atoms with Crippen molar-refractivity contribution in [1.82, 2.24) is 5.32 Å². The van der Waals surface area contributed by atoms with Crippen LogP contribution in [0.4, 0.5) is 4.39 Å². The molecule has 1 aromatic carbocycles. The van der Waals surface area contributed by atoms with Crippen LogP contribution in [0.2, 0.25) is 0 Å². The monoisotopic (exact) mass is 272 g/mol. The summed E-state index contributed by atoms with van der Waals surface area (Å²) in [6.07, 6.45) is 0.796. The summed E-state index contributed by atoms with van der Waals surface area (Å²) in [4.78, 5) is 11.6. The molecule has 1 fully saturated rings. The number of rotatable bonds is 2. The van der Waals surface area contributed by atoms with Crippen LogP contribution in [0.1, 0.15) is 16.8 Å². The number of nitrogens with one attached hydrogen (secondary N) is 1. The lowest BCUT2D eigenvalue weighted by atomic mass is 10.2. The lowest BCUT2D eigenvalue weighted by Crippen LogP contribution is -2.29. The molecule has 0 bridgehead atoms. The first-order valence-corrected chi connectivity index (χ1v) is 5.38. The number of halogens is 2. The molecule has 0 aromatic heterocycles. The van der Waals surface area contributed by atoms with Crippen molar-refractivity contribution in [3.63, 3.8) is 0 Å². The summed E-state index contributed by atoms with van der Waals surface area (Å²) < 4.78 is 13.5. The van der Waals surface area contributed by atoms with E-state index in [9.17, 15) is 9.18 Å². The largest absolute Gasteiger partial charge is 0.348 e. The van der Waals surface area contributed by atoms with Crippen molar-refractivity contribution in [2.45, 2.75) is 18.5 Å². The van der Waals surface area contributed by atoms with Crippen molar-refractivity contribution in [1.29, 1.82) is 0 Å². The molecule has 0 heterocycles. The van der Waals surface area contributed by atoms with Crippen molar-refractivity contribution >= 4 is 21.8 Å². The van der Waals surface area contributed by atoms with Gasteiger partial charge in [-0.1, -0.05) is 0 Å². The van der Waals surface area contributed by atoms with E-state index in [2.05, 4.69) is 21.2 Å². The van der Waals surface area contributed by atoms with E-state index in [0.717, 1.165) is 6.42 Å². The second kappa shape index (κ2) is 3.90. The van der Waals surface area contributed by atoms with Crippen molar-refractivity contribution < 1.29 is 9.18 Å². The van der Waals surface area contributed by atoms with Gasteiger partial charge < -0.3 is 11.1 Å². The van der Waals surface area contributed by atoms with Crippen LogP contribution in [0.15, 0.2) is 22.7 Å². The van der Waals surface area contributed by atoms with E-state index >= 15 is 0 Å². The molecule has 2 rings (SSSR count). The second-order valence-electron chi connectivity index (χ2n) is 3.61. The van der Waals surface area contributed by atoms with Gasteiger partial charge in [0.2, 0.25) is 0 Å². The number of nitrogens with two attached hydrogens (primary N) is 1. The number of hydrogen-bond acceptors (Lipinski definition) is 2. The fraction of sp³-hybridized carbons (Fsp3) is 0.300. The molecule has 2 unspecified atom stereocenters. The summed E-state index contributed by atoms with van der Waals surface area (Å²) >= 11 is 3.02. The second-order valence-corrected chi connectivity index (χ2v) is 4.46. The van der Waals surface area contributed by atoms with Gasteiger partial charge in [0.15, 0.2) is 0 Å². The predicted octanol–water partition coefficient (Wildman–Crippen LogP) is 1.42. The molecule has 0 aliphatic heterocycles. The Labute approximate surface area is 95.0 Å². The minimum absolute atomic E-state index is 0.0456. The lowest BCUT2D eigenvalue weighted by Gasteiger charge is -2.04. The maximum Gasteiger partial charge on any atom is 0.251 e. The Morgan fingerprint density at radius 3 is 2.80 bits per heavy atom. The summed E-state index contributed by atoms with van der Waals surface area (Å²) in [5, 5.41) is 2.72. The van der Waals surface area contributed by atoms with Gasteiger partial charge in [-0.2, -0.15) is 0 Å². The van der Waals surface area contributed by atoms with Crippen LogP contribution < -0.4 is 11.1 Å². The summed E-state index contributed by atoms with van der Waals surface area (Å²) in [6.45, 7) is 0. The molecule has 5 heteroatoms. The number of carbonyl (C=O) groups excluding carboxylic acids is 1. The molecule has 0 spiro atoms. The Balaban J connectivity index is 2.08. The third-order valence-electron chi connectivity index (χ3n) is 2.34. The summed E-state index contributed by atoms with van der Waals surface area (Å²) in [7, 11) is 0. The molecule has 1 amide bonds. The number of hydrogen-bond donors (Lipinski definition) is 2. The highest BCUT2D eigenvalue weighted by Gasteiger charge is 2.34. The molecule has 3 N–H and O–H groups in total. The van der Waals surface area contributed by atoms with Crippen LogP contribution in [0, 0.1) is 5.82 Å². The third-order valence-corrected chi connectivity index (χ3v) is 2.98. The van der Waals surface area contributed by atoms with Crippen LogP contribution in [-0.4, -0.2) is 18.0 Å². The summed E-state index contributed by atoms with van der Waals surface area (Å²) in [5.74, 6) is -0.720. The maximum absolute atomic E-state index is 13.1. The molecular formula is C10H10BrFN2O. The molecule has 0 radical (unpaired) electrons. The van der Waals surface area contributed by atoms with Crippen molar-refractivity contribution in [2.24, 2.45) is 5.73 Å². The van der Waals surface area contributed by atoms with Crippen LogP contribution in [0.3, 0.4) is 0 Å². The Morgan fingerprint density at radius 2 is 2.27 bits per heavy atom. The number of carbonyl (C=O) groups is 1. The lowest BCUT2D eigenvalue weighted by molar-refractivity contribution is 0.0950. The van der Waals surface area contributed by atoms with Crippen molar-refractivity contribution in [2.75, 3.05) is 0 Å². The number of amides is 1. The van der Waals surface area contributed by atoms with E-state index in [1.54, 1.807) is 6.07 Å². The molecule has 2 atom stereocenters. The molecule has 1 aliphatic rings. The first-order chi connectivity index (χ1) is 7.08. The molecule has 0 saturated heterocycles. The van der Waals surface area contributed by atoms with Crippen LogP contribution in [-0.2, 0) is 0 Å². The third kappa shape index (κ3) is 2.35. The maximum atomic E-state index is 13.1. The Kier molecular flexibility index (Phi) is 2.75. The van der Waals surface area contributed by atoms with Crippen molar-refractivity contribution in [3.8, 4) is 0 Å². The minimum atomic E-state index is -0.442. The highest BCUT2D eigenvalue weighted by molar-refractivity contribution is 9.10. The quantitative estimate of drug-likeness (QED) is 0.856. The van der Waals surface area contributed by atoms with Gasteiger partial charge in [-0.05, 0) is 40.5 Å². The molecular weight excluding hydrogens is 263 g/mol. The Morgan fingerprint density at radius 1 is 1.60 bits per heavy atom. The first-order valence-electron chi connectivity index (χ1n) is 4.59. The van der Waals surface area contributed by atoms with E-state index in [1.165, 1.54) is 12.1 Å². The van der Waals surface area contributed by atoms with Gasteiger partial charge in [0.05, 0.1) is 4.47 Å². The van der Waals surface area contributed by atoms with Crippen molar-refractivity contribution in [3.05, 3.63) is 34.1 Å². The molecule has 1 saturated carbocycles. The smallest absolute Gasteiger partial charge is 0.251 e. The zero-order chi connectivity index (χ0) is 11.0. The standard InChI is InChI=1S/C10H10BrFN2O/c11-6-2-1-5(3-7(6)12)10(15)14-9-4-8(9)13/h1-3,8-9H,4,13H2,(H,14,15). The first kappa shape index (κ1) is 10.6. The fourth-order valence-corrected chi connectivity index (χ4v) is 1.52. The fourth-order valence-electron chi connectivity index (χ4n) is 1.27. The van der Waals surface area contributed by atoms with Crippen LogP contribution in [0.5, 0.6) is 0 Å². The highest BCUT2D eigenvalue weighted by atomic mass is 79.9. The molecule has 80 valence electrons. The zero-order valence-corrected chi connectivity index (χ0v) is 9.42. The Hall–Kier alpha value is -0.940. The number of benzene rings is 1. The topological polar surface area (TPSA) is 55.1 Å². The molecule has 3 nitrogen and oxygen atoms in total. The molecule has 15 heavy (non-hydrogen) atoms. The van der Waals surface area contributed by atoms with Gasteiger partial charge in [-0.3, -0.25) is 4.79 Å². The summed E-state index contributed by atoms with van der Waals surface area (Å²) in [5.41, 5.74) is 5.87. The van der Waals surface area contributed by atoms with E-state index in [4.69, 9.17) is 5.73 Å². The van der Waals surface area contributed by atoms with Crippen LogP contribution >= 0.6 is 15.9 Å². The van der Waals surface area contributed by atoms with E-state index < -0.39 is 5.82 Å². The SMILES string of the molecule is NC1CC1NC(=O)c1ccc(Br)c(F)c1. The predicted molar refractivity (Wildman–Crippen MR) is 57.9 cm³/mol. The van der Waals surface area contributed by atoms with E-state index in [1.807, 2.05) is 0 Å². The molecule has 1 aromatic rings. The van der Waals surface area contributed by atoms with Gasteiger partial charge in [-0.25, -0.2) is 4.39 Å². The van der Waals surface area contributed by atoms with Gasteiger partial charge >= 0.3 is 0 Å². The highest BCUT2D eigenvalue weighted by Crippen LogP contribution is 2.20. The minimum Gasteiger partial charge on any atom is -0.348 e. The normalized spacial score (nSPS) is 23.7. The molecule has 1 aliphatic carbocycles. The van der Waals surface area contributed by atoms with Gasteiger partial charge in [0.1, 0.15) is 5.82 Å². The Bertz CT molecular complexity index is 410. The van der Waals surface area contributed by atoms with Crippen LogP contribution in [0.25, 0.3) is 0 Å². The zero-order valence-electron chi connectivity index (χ0n) is 7.84.